The van der Waals surface area contributed by atoms with Crippen LogP contribution in [0.2, 0.25) is 0 Å². The number of amidine groups is 1. The van der Waals surface area contributed by atoms with Gasteiger partial charge in [0.1, 0.15) is 5.82 Å². The van der Waals surface area contributed by atoms with E-state index >= 15 is 0 Å². The van der Waals surface area contributed by atoms with Gasteiger partial charge in [0, 0.05) is 51.2 Å². The maximum atomic E-state index is 4.94. The third-order valence-corrected chi connectivity index (χ3v) is 5.41. The van der Waals surface area contributed by atoms with E-state index in [1.54, 1.807) is 0 Å². The van der Waals surface area contributed by atoms with Crippen LogP contribution in [0, 0.1) is 0 Å². The lowest BCUT2D eigenvalue weighted by Crippen LogP contribution is -2.24. The van der Waals surface area contributed by atoms with E-state index in [4.69, 9.17) is 9.98 Å². The molecule has 1 aliphatic carbocycles. The second-order valence-electron chi connectivity index (χ2n) is 7.76. The Morgan fingerprint density at radius 3 is 2.44 bits per heavy atom. The fraction of sp³-hybridized carbons (Fsp3) is 0.591. The number of hydrogen-bond acceptors (Lipinski definition) is 4. The topological polar surface area (TPSA) is 43.6 Å². The highest BCUT2D eigenvalue weighted by Gasteiger charge is 2.17. The van der Waals surface area contributed by atoms with Crippen molar-refractivity contribution < 1.29 is 0 Å². The Hall–Kier alpha value is -2.17. The molecule has 5 heteroatoms. The molecule has 1 saturated carbocycles. The molecule has 0 spiro atoms. The molecule has 2 heterocycles. The Kier molecular flexibility index (Phi) is 7.02. The normalized spacial score (nSPS) is 21.3. The predicted octanol–water partition coefficient (Wildman–Crippen LogP) is 4.55. The minimum atomic E-state index is 0.739. The van der Waals surface area contributed by atoms with Crippen LogP contribution in [-0.4, -0.2) is 54.2 Å². The van der Waals surface area contributed by atoms with Crippen molar-refractivity contribution in [2.75, 3.05) is 27.2 Å². The third-order valence-electron chi connectivity index (χ3n) is 5.41. The first kappa shape index (κ1) is 19.6. The molecule has 0 bridgehead atoms. The Bertz CT molecular complexity index is 677. The predicted molar refractivity (Wildman–Crippen MR) is 115 cm³/mol. The average molecular weight is 368 g/mol. The summed E-state index contributed by atoms with van der Waals surface area (Å²) in [4.78, 5) is 18.9. The summed E-state index contributed by atoms with van der Waals surface area (Å²) in [6.45, 7) is 6.36. The van der Waals surface area contributed by atoms with Gasteiger partial charge in [-0.05, 0) is 44.6 Å². The number of allylic oxidation sites excluding steroid dienone is 2. The molecule has 0 atom stereocenters. The quantitative estimate of drug-likeness (QED) is 0.540. The molecule has 3 rings (SSSR count). The molecule has 0 aromatic carbocycles. The standard InChI is InChI=1S/C22H33N5/c1-18(27-16-8-4-5-9-17-27)24-22(25-19-10-6-7-11-19)21-13-12-20(26(2)3)14-15-23-21/h12,14-15H,1,4-11,13,16-17H2,2-3H3/b24-22-. The van der Waals surface area contributed by atoms with Crippen molar-refractivity contribution in [3.63, 3.8) is 0 Å². The molecule has 27 heavy (non-hydrogen) atoms. The first-order valence-electron chi connectivity index (χ1n) is 10.3. The van der Waals surface area contributed by atoms with Crippen LogP contribution in [0.5, 0.6) is 0 Å². The lowest BCUT2D eigenvalue weighted by molar-refractivity contribution is 0.357. The third kappa shape index (κ3) is 5.65. The minimum Gasteiger partial charge on any atom is -0.378 e. The zero-order chi connectivity index (χ0) is 19.1. The van der Waals surface area contributed by atoms with E-state index in [0.29, 0.717) is 0 Å². The van der Waals surface area contributed by atoms with Gasteiger partial charge in [0.25, 0.3) is 0 Å². The van der Waals surface area contributed by atoms with Gasteiger partial charge in [-0.25, -0.2) is 9.98 Å². The van der Waals surface area contributed by atoms with Crippen LogP contribution in [0.25, 0.3) is 0 Å². The van der Waals surface area contributed by atoms with Gasteiger partial charge in [-0.15, -0.1) is 0 Å². The van der Waals surface area contributed by atoms with Gasteiger partial charge in [-0.1, -0.05) is 25.5 Å². The summed E-state index contributed by atoms with van der Waals surface area (Å²) in [6, 6.07) is 0. The van der Waals surface area contributed by atoms with E-state index < -0.39 is 0 Å². The van der Waals surface area contributed by atoms with E-state index in [9.17, 15) is 0 Å². The number of rotatable bonds is 4. The monoisotopic (exact) mass is 367 g/mol. The molecule has 0 amide bonds. The smallest absolute Gasteiger partial charge is 0.176 e. The van der Waals surface area contributed by atoms with Crippen molar-refractivity contribution >= 4 is 17.3 Å². The number of aliphatic imine (C=N–C) groups is 3. The maximum absolute atomic E-state index is 4.94. The highest BCUT2D eigenvalue weighted by atomic mass is 15.2. The number of likely N-dealkylation sites (tertiary alicyclic amines) is 1. The SMILES string of the molecule is C=C(/N=C(\N=C1CCCC1)C1=NC=CC(N(C)C)=CC1)N1CCCCCC1. The Morgan fingerprint density at radius 2 is 1.78 bits per heavy atom. The molecule has 5 nitrogen and oxygen atoms in total. The number of nitrogens with zero attached hydrogens (tertiary/aromatic N) is 5. The van der Waals surface area contributed by atoms with E-state index in [1.165, 1.54) is 44.2 Å². The zero-order valence-electron chi connectivity index (χ0n) is 17.0. The van der Waals surface area contributed by atoms with Crippen molar-refractivity contribution in [2.24, 2.45) is 15.0 Å². The van der Waals surface area contributed by atoms with Gasteiger partial charge >= 0.3 is 0 Å². The van der Waals surface area contributed by atoms with E-state index in [0.717, 1.165) is 55.4 Å². The molecule has 2 aliphatic heterocycles. The molecule has 3 aliphatic rings. The lowest BCUT2D eigenvalue weighted by Gasteiger charge is -2.22. The summed E-state index contributed by atoms with van der Waals surface area (Å²) in [6.07, 6.45) is 16.5. The van der Waals surface area contributed by atoms with Crippen LogP contribution in [0.15, 0.2) is 51.4 Å². The van der Waals surface area contributed by atoms with Crippen molar-refractivity contribution in [3.8, 4) is 0 Å². The van der Waals surface area contributed by atoms with Gasteiger partial charge in [-0.2, -0.15) is 0 Å². The summed E-state index contributed by atoms with van der Waals surface area (Å²) in [5.41, 5.74) is 3.34. The second-order valence-corrected chi connectivity index (χ2v) is 7.76. The molecular formula is C22H33N5. The van der Waals surface area contributed by atoms with Gasteiger partial charge in [-0.3, -0.25) is 4.99 Å². The summed E-state index contributed by atoms with van der Waals surface area (Å²) >= 11 is 0. The van der Waals surface area contributed by atoms with E-state index in [-0.39, 0.29) is 0 Å². The maximum Gasteiger partial charge on any atom is 0.176 e. The Morgan fingerprint density at radius 1 is 1.07 bits per heavy atom. The molecule has 0 radical (unpaired) electrons. The average Bonchev–Trinajstić information content (AvgIpc) is 2.89. The Labute approximate surface area is 164 Å². The van der Waals surface area contributed by atoms with Gasteiger partial charge < -0.3 is 9.80 Å². The highest BCUT2D eigenvalue weighted by molar-refractivity contribution is 6.44. The molecule has 0 unspecified atom stereocenters. The van der Waals surface area contributed by atoms with Crippen molar-refractivity contribution in [1.29, 1.82) is 0 Å². The van der Waals surface area contributed by atoms with Crippen LogP contribution < -0.4 is 0 Å². The van der Waals surface area contributed by atoms with Gasteiger partial charge in [0.05, 0.1) is 5.71 Å². The minimum absolute atomic E-state index is 0.739. The molecule has 0 N–H and O–H groups in total. The summed E-state index contributed by atoms with van der Waals surface area (Å²) in [5, 5.41) is 0. The second kappa shape index (κ2) is 9.67. The van der Waals surface area contributed by atoms with Crippen molar-refractivity contribution in [2.45, 2.75) is 57.8 Å². The molecule has 1 saturated heterocycles. The summed E-state index contributed by atoms with van der Waals surface area (Å²) in [5.74, 6) is 1.59. The first-order valence-corrected chi connectivity index (χ1v) is 10.3. The Balaban J connectivity index is 1.84. The largest absolute Gasteiger partial charge is 0.378 e. The van der Waals surface area contributed by atoms with Crippen molar-refractivity contribution in [3.05, 3.63) is 36.4 Å². The van der Waals surface area contributed by atoms with Crippen LogP contribution >= 0.6 is 0 Å². The molecule has 146 valence electrons. The summed E-state index contributed by atoms with van der Waals surface area (Å²) in [7, 11) is 4.10. The number of hydrogen-bond donors (Lipinski definition) is 0. The van der Waals surface area contributed by atoms with Crippen LogP contribution in [0.3, 0.4) is 0 Å². The summed E-state index contributed by atoms with van der Waals surface area (Å²) < 4.78 is 0. The fourth-order valence-electron chi connectivity index (χ4n) is 3.73. The lowest BCUT2D eigenvalue weighted by atomic mass is 10.2. The molecule has 0 aromatic rings. The first-order chi connectivity index (χ1) is 13.1. The van der Waals surface area contributed by atoms with Crippen molar-refractivity contribution in [1.82, 2.24) is 9.80 Å². The zero-order valence-corrected chi connectivity index (χ0v) is 17.0. The van der Waals surface area contributed by atoms with Gasteiger partial charge in [0.15, 0.2) is 5.84 Å². The van der Waals surface area contributed by atoms with Crippen LogP contribution in [0.4, 0.5) is 0 Å². The van der Waals surface area contributed by atoms with E-state index in [1.807, 2.05) is 12.3 Å². The van der Waals surface area contributed by atoms with Crippen LogP contribution in [-0.2, 0) is 0 Å². The highest BCUT2D eigenvalue weighted by Crippen LogP contribution is 2.19. The van der Waals surface area contributed by atoms with Gasteiger partial charge in [0.2, 0.25) is 0 Å². The molecule has 2 fully saturated rings. The van der Waals surface area contributed by atoms with Crippen LogP contribution in [0.1, 0.15) is 57.8 Å². The molecular weight excluding hydrogens is 334 g/mol. The fourth-order valence-corrected chi connectivity index (χ4v) is 3.73. The molecule has 0 aromatic heterocycles. The number of likely N-dealkylation sites (N-methyl/N-ethyl adjacent to an activating group) is 1. The van der Waals surface area contributed by atoms with E-state index in [2.05, 4.69) is 41.5 Å².